The third-order valence-corrected chi connectivity index (χ3v) is 2.64. The molecule has 0 aliphatic heterocycles. The number of hydrogen-bond acceptors (Lipinski definition) is 5. The Morgan fingerprint density at radius 2 is 2.11 bits per heavy atom. The van der Waals surface area contributed by atoms with Crippen LogP contribution >= 0.6 is 0 Å². The molecule has 1 aromatic heterocycles. The highest BCUT2D eigenvalue weighted by atomic mass is 16.5. The van der Waals surface area contributed by atoms with Crippen LogP contribution in [0.1, 0.15) is 19.9 Å². The average Bonchev–Trinajstić information content (AvgIpc) is 2.88. The lowest BCUT2D eigenvalue weighted by atomic mass is 10.2. The van der Waals surface area contributed by atoms with Crippen molar-refractivity contribution in [3.63, 3.8) is 0 Å². The topological polar surface area (TPSA) is 90.1 Å². The number of carboxylic acids is 1. The monoisotopic (exact) mass is 262 g/mol. The van der Waals surface area contributed by atoms with Gasteiger partial charge >= 0.3 is 5.97 Å². The molecule has 0 saturated carbocycles. The first-order valence-corrected chi connectivity index (χ1v) is 5.87. The highest BCUT2D eigenvalue weighted by molar-refractivity contribution is 5.72. The van der Waals surface area contributed by atoms with Crippen molar-refractivity contribution < 1.29 is 14.6 Å². The first-order valence-electron chi connectivity index (χ1n) is 5.87. The Bertz CT molecular complexity index is 565. The lowest BCUT2D eigenvalue weighted by Gasteiger charge is -2.09. The van der Waals surface area contributed by atoms with E-state index in [2.05, 4.69) is 15.5 Å². The Balaban J connectivity index is 2.32. The van der Waals surface area contributed by atoms with E-state index in [1.165, 1.54) is 11.6 Å². The maximum atomic E-state index is 11.0. The van der Waals surface area contributed by atoms with E-state index < -0.39 is 12.0 Å². The number of hydrogen-bond donors (Lipinski definition) is 1. The quantitative estimate of drug-likeness (QED) is 0.875. The van der Waals surface area contributed by atoms with Crippen LogP contribution in [-0.2, 0) is 4.79 Å². The van der Waals surface area contributed by atoms with Crippen LogP contribution in [0.15, 0.2) is 24.3 Å². The van der Waals surface area contributed by atoms with Crippen molar-refractivity contribution in [3.05, 3.63) is 24.3 Å². The third kappa shape index (κ3) is 2.70. The fourth-order valence-corrected chi connectivity index (χ4v) is 1.62. The van der Waals surface area contributed by atoms with Crippen molar-refractivity contribution in [1.29, 1.82) is 0 Å². The van der Waals surface area contributed by atoms with Crippen LogP contribution in [0.2, 0.25) is 0 Å². The maximum absolute atomic E-state index is 11.0. The highest BCUT2D eigenvalue weighted by Crippen LogP contribution is 2.22. The smallest absolute Gasteiger partial charge is 0.328 e. The molecule has 0 aliphatic rings. The van der Waals surface area contributed by atoms with E-state index >= 15 is 0 Å². The van der Waals surface area contributed by atoms with E-state index in [0.29, 0.717) is 12.4 Å². The van der Waals surface area contributed by atoms with E-state index in [-0.39, 0.29) is 0 Å². The summed E-state index contributed by atoms with van der Waals surface area (Å²) in [4.78, 5) is 11.0. The Morgan fingerprint density at radius 1 is 1.42 bits per heavy atom. The molecule has 19 heavy (non-hydrogen) atoms. The number of aliphatic carboxylic acids is 1. The van der Waals surface area contributed by atoms with Crippen molar-refractivity contribution in [1.82, 2.24) is 20.2 Å². The summed E-state index contributed by atoms with van der Waals surface area (Å²) in [6.07, 6.45) is 0. The summed E-state index contributed by atoms with van der Waals surface area (Å²) >= 11 is 0. The number of rotatable bonds is 5. The molecule has 0 radical (unpaired) electrons. The summed E-state index contributed by atoms with van der Waals surface area (Å²) in [6.45, 7) is 4.02. The predicted molar refractivity (Wildman–Crippen MR) is 66.8 cm³/mol. The largest absolute Gasteiger partial charge is 0.494 e. The minimum Gasteiger partial charge on any atom is -0.494 e. The fourth-order valence-electron chi connectivity index (χ4n) is 1.62. The van der Waals surface area contributed by atoms with E-state index in [9.17, 15) is 4.79 Å². The second-order valence-corrected chi connectivity index (χ2v) is 3.92. The molecule has 0 spiro atoms. The highest BCUT2D eigenvalue weighted by Gasteiger charge is 2.20. The molecule has 0 aliphatic carbocycles. The van der Waals surface area contributed by atoms with Gasteiger partial charge in [-0.25, -0.2) is 9.48 Å². The molecule has 1 unspecified atom stereocenters. The normalized spacial score (nSPS) is 12.1. The van der Waals surface area contributed by atoms with Crippen molar-refractivity contribution in [2.75, 3.05) is 6.61 Å². The molecule has 1 aromatic carbocycles. The van der Waals surface area contributed by atoms with Crippen molar-refractivity contribution in [2.45, 2.75) is 19.9 Å². The van der Waals surface area contributed by atoms with Gasteiger partial charge in [0.25, 0.3) is 0 Å². The lowest BCUT2D eigenvalue weighted by Crippen LogP contribution is -2.18. The summed E-state index contributed by atoms with van der Waals surface area (Å²) in [5, 5.41) is 20.1. The Kier molecular flexibility index (Phi) is 3.74. The van der Waals surface area contributed by atoms with Gasteiger partial charge in [-0.15, -0.1) is 5.10 Å². The number of ether oxygens (including phenoxy) is 1. The minimum atomic E-state index is -0.987. The molecule has 1 heterocycles. The minimum absolute atomic E-state index is 0.415. The summed E-state index contributed by atoms with van der Waals surface area (Å²) < 4.78 is 6.62. The molecule has 100 valence electrons. The third-order valence-electron chi connectivity index (χ3n) is 2.64. The van der Waals surface area contributed by atoms with Crippen molar-refractivity contribution in [2.24, 2.45) is 0 Å². The molecule has 2 rings (SSSR count). The molecule has 0 amide bonds. The molecular weight excluding hydrogens is 248 g/mol. The molecule has 0 fully saturated rings. The number of benzene rings is 1. The summed E-state index contributed by atoms with van der Waals surface area (Å²) in [6, 6.07) is 6.35. The Morgan fingerprint density at radius 3 is 2.68 bits per heavy atom. The van der Waals surface area contributed by atoms with Gasteiger partial charge < -0.3 is 9.84 Å². The summed E-state index contributed by atoms with van der Waals surface area (Å²) in [5.41, 5.74) is 0.738. The maximum Gasteiger partial charge on any atom is 0.328 e. The van der Waals surface area contributed by atoms with Crippen LogP contribution in [0.3, 0.4) is 0 Å². The number of tetrazole rings is 1. The van der Waals surface area contributed by atoms with Crippen LogP contribution in [0, 0.1) is 0 Å². The number of carboxylic acid groups (broad SMARTS) is 1. The lowest BCUT2D eigenvalue weighted by molar-refractivity contribution is -0.140. The fraction of sp³-hybridized carbons (Fsp3) is 0.333. The zero-order chi connectivity index (χ0) is 13.8. The second-order valence-electron chi connectivity index (χ2n) is 3.92. The van der Waals surface area contributed by atoms with Gasteiger partial charge in [0.2, 0.25) is 0 Å². The van der Waals surface area contributed by atoms with Crippen LogP contribution in [0.25, 0.3) is 11.4 Å². The average molecular weight is 262 g/mol. The van der Waals surface area contributed by atoms with Gasteiger partial charge in [0.1, 0.15) is 5.75 Å². The first-order chi connectivity index (χ1) is 9.13. The molecule has 1 N–H and O–H groups in total. The Hall–Kier alpha value is -2.44. The van der Waals surface area contributed by atoms with Crippen molar-refractivity contribution in [3.8, 4) is 17.1 Å². The number of nitrogens with zero attached hydrogens (tertiary/aromatic N) is 4. The molecule has 0 bridgehead atoms. The second kappa shape index (κ2) is 5.47. The van der Waals surface area contributed by atoms with Crippen LogP contribution in [0.4, 0.5) is 0 Å². The van der Waals surface area contributed by atoms with Gasteiger partial charge in [-0.1, -0.05) is 0 Å². The first kappa shape index (κ1) is 13.0. The molecule has 7 heteroatoms. The van der Waals surface area contributed by atoms with Gasteiger partial charge in [-0.2, -0.15) is 0 Å². The Labute approximate surface area is 109 Å². The SMILES string of the molecule is CCOc1ccc(-c2nnnn2C(C)C(=O)O)cc1. The molecule has 2 aromatic rings. The van der Waals surface area contributed by atoms with E-state index in [4.69, 9.17) is 9.84 Å². The van der Waals surface area contributed by atoms with Crippen LogP contribution < -0.4 is 4.74 Å². The molecule has 1 atom stereocenters. The predicted octanol–water partition coefficient (Wildman–Crippen LogP) is 1.38. The van der Waals surface area contributed by atoms with Gasteiger partial charge in [0, 0.05) is 5.56 Å². The van der Waals surface area contributed by atoms with Gasteiger partial charge in [-0.3, -0.25) is 0 Å². The zero-order valence-electron chi connectivity index (χ0n) is 10.6. The van der Waals surface area contributed by atoms with Crippen molar-refractivity contribution >= 4 is 5.97 Å². The number of carbonyl (C=O) groups is 1. The van der Waals surface area contributed by atoms with E-state index in [1.54, 1.807) is 24.3 Å². The summed E-state index contributed by atoms with van der Waals surface area (Å²) in [5.74, 6) is 0.175. The standard InChI is InChI=1S/C12H14N4O3/c1-3-19-10-6-4-9(5-7-10)11-13-14-15-16(11)8(2)12(17)18/h4-8H,3H2,1-2H3,(H,17,18). The van der Waals surface area contributed by atoms with Gasteiger partial charge in [0.05, 0.1) is 6.61 Å². The molecular formula is C12H14N4O3. The summed E-state index contributed by atoms with van der Waals surface area (Å²) in [7, 11) is 0. The van der Waals surface area contributed by atoms with Gasteiger partial charge in [-0.05, 0) is 48.5 Å². The van der Waals surface area contributed by atoms with Crippen LogP contribution in [-0.4, -0.2) is 37.9 Å². The zero-order valence-corrected chi connectivity index (χ0v) is 10.6. The van der Waals surface area contributed by atoms with Gasteiger partial charge in [0.15, 0.2) is 11.9 Å². The van der Waals surface area contributed by atoms with E-state index in [0.717, 1.165) is 11.3 Å². The molecule has 0 saturated heterocycles. The molecule has 7 nitrogen and oxygen atoms in total. The van der Waals surface area contributed by atoms with E-state index in [1.807, 2.05) is 6.92 Å². The van der Waals surface area contributed by atoms with Crippen LogP contribution in [0.5, 0.6) is 5.75 Å². The number of aromatic nitrogens is 4.